The standard InChI is InChI=1S/C18H12Br9N6O4P/c19-7-1-10(22)16(25)13(4-7)31(28)35-38(34,36-32(29)14-5-8(20)2-11(23)17(14)26)37-33(30)15-6-9(21)3-12(24)18(15)27/h1-6H,28-30H2. The van der Waals surface area contributed by atoms with Crippen molar-refractivity contribution < 1.29 is 18.4 Å². The zero-order chi connectivity index (χ0) is 28.5. The average molecular weight is 1130 g/mol. The van der Waals surface area contributed by atoms with Crippen molar-refractivity contribution in [3.05, 3.63) is 76.7 Å². The fourth-order valence-electron chi connectivity index (χ4n) is 2.61. The molecule has 10 nitrogen and oxygen atoms in total. The number of halogens is 9. The van der Waals surface area contributed by atoms with Crippen molar-refractivity contribution in [1.29, 1.82) is 0 Å². The van der Waals surface area contributed by atoms with Gasteiger partial charge in [0.15, 0.2) is 0 Å². The third-order valence-electron chi connectivity index (χ3n) is 4.20. The van der Waals surface area contributed by atoms with E-state index in [2.05, 4.69) is 143 Å². The second-order valence-corrected chi connectivity index (χ2v) is 15.9. The van der Waals surface area contributed by atoms with E-state index in [-0.39, 0.29) is 17.1 Å². The minimum Gasteiger partial charge on any atom is -0.222 e. The van der Waals surface area contributed by atoms with E-state index in [4.69, 9.17) is 31.4 Å². The fraction of sp³-hybridized carbons (Fsp3) is 0. The highest BCUT2D eigenvalue weighted by atomic mass is 79.9. The summed E-state index contributed by atoms with van der Waals surface area (Å²) < 4.78 is 35.9. The zero-order valence-electron chi connectivity index (χ0n) is 18.0. The van der Waals surface area contributed by atoms with Crippen LogP contribution < -0.4 is 33.0 Å². The zero-order valence-corrected chi connectivity index (χ0v) is 33.2. The SMILES string of the molecule is NN(OP(=O)(ON(N)c1cc(Br)cc(Br)c1Br)ON(N)c1cc(Br)cc(Br)c1Br)c1cc(Br)cc(Br)c1Br. The predicted molar refractivity (Wildman–Crippen MR) is 179 cm³/mol. The third-order valence-corrected chi connectivity index (χ3v) is 12.7. The van der Waals surface area contributed by atoms with Crippen LogP contribution in [0.1, 0.15) is 0 Å². The smallest absolute Gasteiger partial charge is 0.222 e. The minimum absolute atomic E-state index is 0.253. The summed E-state index contributed by atoms with van der Waals surface area (Å²) in [5.41, 5.74) is 0.760. The van der Waals surface area contributed by atoms with Gasteiger partial charge in [-0.1, -0.05) is 47.8 Å². The molecule has 206 valence electrons. The summed E-state index contributed by atoms with van der Waals surface area (Å²) in [4.78, 5) is 0. The van der Waals surface area contributed by atoms with Crippen LogP contribution in [-0.4, -0.2) is 0 Å². The van der Waals surface area contributed by atoms with Crippen LogP contribution >= 0.6 is 151 Å². The molecule has 3 aromatic rings. The molecule has 0 radical (unpaired) electrons. The number of hydrazine groups is 3. The quantitative estimate of drug-likeness (QED) is 0.0824. The van der Waals surface area contributed by atoms with E-state index in [1.807, 2.05) is 0 Å². The van der Waals surface area contributed by atoms with Crippen LogP contribution in [0.5, 0.6) is 0 Å². The van der Waals surface area contributed by atoms with Crippen LogP contribution in [0, 0.1) is 0 Å². The number of nitrogens with two attached hydrogens (primary N) is 3. The summed E-state index contributed by atoms with van der Waals surface area (Å²) >= 11 is 30.5. The molecule has 38 heavy (non-hydrogen) atoms. The van der Waals surface area contributed by atoms with Crippen molar-refractivity contribution in [2.75, 3.05) is 15.5 Å². The summed E-state index contributed by atoms with van der Waals surface area (Å²) in [7, 11) is -4.79. The molecule has 0 heterocycles. The normalized spacial score (nSPS) is 11.6. The average Bonchev–Trinajstić information content (AvgIpc) is 2.80. The van der Waals surface area contributed by atoms with E-state index < -0.39 is 7.82 Å². The lowest BCUT2D eigenvalue weighted by atomic mass is 10.3. The van der Waals surface area contributed by atoms with Gasteiger partial charge in [0.25, 0.3) is 0 Å². The number of nitrogens with zero attached hydrogens (tertiary/aromatic N) is 3. The Labute approximate surface area is 292 Å². The largest absolute Gasteiger partial charge is 0.543 e. The van der Waals surface area contributed by atoms with Gasteiger partial charge in [-0.15, -0.1) is 13.9 Å². The van der Waals surface area contributed by atoms with Crippen LogP contribution in [0.15, 0.2) is 76.7 Å². The van der Waals surface area contributed by atoms with Crippen LogP contribution in [0.2, 0.25) is 0 Å². The van der Waals surface area contributed by atoms with E-state index in [0.29, 0.717) is 55.8 Å². The second-order valence-electron chi connectivity index (χ2n) is 6.83. The number of phosphoric acid groups is 1. The van der Waals surface area contributed by atoms with Crippen LogP contribution in [0.3, 0.4) is 0 Å². The maximum atomic E-state index is 14.1. The molecule has 0 aromatic heterocycles. The van der Waals surface area contributed by atoms with Gasteiger partial charge in [-0.2, -0.15) is 15.5 Å². The van der Waals surface area contributed by atoms with E-state index >= 15 is 0 Å². The highest BCUT2D eigenvalue weighted by molar-refractivity contribution is 9.14. The molecule has 0 aliphatic heterocycles. The molecule has 0 saturated carbocycles. The van der Waals surface area contributed by atoms with E-state index in [9.17, 15) is 4.57 Å². The van der Waals surface area contributed by atoms with Crippen molar-refractivity contribution in [3.8, 4) is 0 Å². The van der Waals surface area contributed by atoms with Crippen LogP contribution in [0.25, 0.3) is 0 Å². The van der Waals surface area contributed by atoms with E-state index in [1.165, 1.54) is 0 Å². The summed E-state index contributed by atoms with van der Waals surface area (Å²) in [6.45, 7) is 0. The maximum absolute atomic E-state index is 14.1. The van der Waals surface area contributed by atoms with Crippen molar-refractivity contribution in [2.45, 2.75) is 0 Å². The van der Waals surface area contributed by atoms with Gasteiger partial charge in [-0.05, 0) is 132 Å². The molecule has 6 N–H and O–H groups in total. The Morgan fingerprint density at radius 1 is 0.500 bits per heavy atom. The maximum Gasteiger partial charge on any atom is 0.543 e. The Morgan fingerprint density at radius 2 is 0.737 bits per heavy atom. The van der Waals surface area contributed by atoms with E-state index in [1.54, 1.807) is 36.4 Å². The van der Waals surface area contributed by atoms with Crippen molar-refractivity contribution in [1.82, 2.24) is 0 Å². The molecule has 0 fully saturated rings. The van der Waals surface area contributed by atoms with Gasteiger partial charge in [0.2, 0.25) is 0 Å². The first-order valence-electron chi connectivity index (χ1n) is 9.39. The highest BCUT2D eigenvalue weighted by Crippen LogP contribution is 2.54. The number of rotatable bonds is 9. The Kier molecular flexibility index (Phi) is 12.7. The first-order chi connectivity index (χ1) is 17.6. The van der Waals surface area contributed by atoms with Gasteiger partial charge in [0, 0.05) is 26.8 Å². The summed E-state index contributed by atoms with van der Waals surface area (Å²) in [5.74, 6) is 18.4. The van der Waals surface area contributed by atoms with Gasteiger partial charge in [-0.25, -0.2) is 22.1 Å². The summed E-state index contributed by atoms with van der Waals surface area (Å²) in [6.07, 6.45) is 0. The molecule has 3 rings (SSSR count). The molecular weight excluding hydrogens is 1110 g/mol. The predicted octanol–water partition coefficient (Wildman–Crippen LogP) is 9.89. The summed E-state index contributed by atoms with van der Waals surface area (Å²) in [6, 6.07) is 10.1. The Bertz CT molecular complexity index is 1260. The Morgan fingerprint density at radius 3 is 0.974 bits per heavy atom. The first kappa shape index (κ1) is 33.9. The molecule has 0 amide bonds. The van der Waals surface area contributed by atoms with Gasteiger partial charge in [0.05, 0.1) is 30.5 Å². The van der Waals surface area contributed by atoms with Crippen molar-refractivity contribution in [2.24, 2.45) is 17.5 Å². The molecule has 0 unspecified atom stereocenters. The van der Waals surface area contributed by atoms with E-state index in [0.717, 1.165) is 0 Å². The van der Waals surface area contributed by atoms with Gasteiger partial charge in [0.1, 0.15) is 0 Å². The lowest BCUT2D eigenvalue weighted by Crippen LogP contribution is -2.39. The molecule has 0 saturated heterocycles. The number of anilines is 3. The minimum atomic E-state index is -4.79. The summed E-state index contributed by atoms with van der Waals surface area (Å²) in [5, 5.41) is 2.08. The van der Waals surface area contributed by atoms with Gasteiger partial charge < -0.3 is 0 Å². The number of benzene rings is 3. The monoisotopic (exact) mass is 1120 g/mol. The molecule has 3 aromatic carbocycles. The van der Waals surface area contributed by atoms with Crippen molar-refractivity contribution in [3.63, 3.8) is 0 Å². The molecule has 20 heteroatoms. The molecule has 0 atom stereocenters. The molecule has 0 aliphatic carbocycles. The van der Waals surface area contributed by atoms with Crippen LogP contribution in [-0.2, 0) is 18.4 Å². The second kappa shape index (κ2) is 14.2. The number of hydrogen-bond donors (Lipinski definition) is 3. The fourth-order valence-corrected chi connectivity index (χ4v) is 8.43. The van der Waals surface area contributed by atoms with Crippen LogP contribution in [0.4, 0.5) is 17.1 Å². The highest BCUT2D eigenvalue weighted by Gasteiger charge is 2.38. The van der Waals surface area contributed by atoms with Gasteiger partial charge >= 0.3 is 7.82 Å². The first-order valence-corrected chi connectivity index (χ1v) is 18.0. The lowest BCUT2D eigenvalue weighted by molar-refractivity contribution is 0.0857. The van der Waals surface area contributed by atoms with Gasteiger partial charge in [-0.3, -0.25) is 0 Å². The Balaban J connectivity index is 2.03. The molecule has 0 spiro atoms. The molecular formula is C18H12Br9N6O4P. The molecule has 0 bridgehead atoms. The lowest BCUT2D eigenvalue weighted by Gasteiger charge is -2.30. The number of hydrogen-bond acceptors (Lipinski definition) is 10. The molecule has 0 aliphatic rings. The topological polar surface area (TPSA) is 133 Å². The third kappa shape index (κ3) is 8.48. The Hall–Kier alpha value is 1.37. The van der Waals surface area contributed by atoms with Crippen molar-refractivity contribution >= 4 is 168 Å².